The lowest BCUT2D eigenvalue weighted by Gasteiger charge is -2.30. The molecule has 2 fully saturated rings. The number of nitrogens with zero attached hydrogens (tertiary/aromatic N) is 2. The smallest absolute Gasteiger partial charge is 0.253 e. The summed E-state index contributed by atoms with van der Waals surface area (Å²) in [6.45, 7) is 5.31. The van der Waals surface area contributed by atoms with Crippen LogP contribution in [0.2, 0.25) is 0 Å². The van der Waals surface area contributed by atoms with Crippen LogP contribution in [-0.2, 0) is 0 Å². The lowest BCUT2D eigenvalue weighted by molar-refractivity contribution is 0.0919. The Morgan fingerprint density at radius 2 is 2.00 bits per heavy atom. The predicted octanol–water partition coefficient (Wildman–Crippen LogP) is 2.40. The van der Waals surface area contributed by atoms with Gasteiger partial charge in [-0.25, -0.2) is 4.98 Å². The summed E-state index contributed by atoms with van der Waals surface area (Å²) in [5.74, 6) is 0.966. The summed E-state index contributed by atoms with van der Waals surface area (Å²) < 4.78 is 0. The average molecular weight is 361 g/mol. The van der Waals surface area contributed by atoms with Gasteiger partial charge in [-0.05, 0) is 51.3 Å². The van der Waals surface area contributed by atoms with Gasteiger partial charge < -0.3 is 15.5 Å². The molecule has 1 aromatic rings. The highest BCUT2D eigenvalue weighted by Gasteiger charge is 2.23. The summed E-state index contributed by atoms with van der Waals surface area (Å²) in [7, 11) is 0. The van der Waals surface area contributed by atoms with Crippen molar-refractivity contribution >= 4 is 36.5 Å². The van der Waals surface area contributed by atoms with E-state index in [-0.39, 0.29) is 36.8 Å². The van der Waals surface area contributed by atoms with E-state index in [1.165, 1.54) is 12.8 Å². The highest BCUT2D eigenvalue weighted by Crippen LogP contribution is 2.17. The lowest BCUT2D eigenvalue weighted by Crippen LogP contribution is -2.51. The zero-order chi connectivity index (χ0) is 14.7. The molecule has 2 atom stereocenters. The minimum atomic E-state index is -0.0176. The fourth-order valence-electron chi connectivity index (χ4n) is 3.15. The van der Waals surface area contributed by atoms with E-state index in [9.17, 15) is 4.79 Å². The van der Waals surface area contributed by atoms with Crippen molar-refractivity contribution in [1.29, 1.82) is 0 Å². The Kier molecular flexibility index (Phi) is 8.09. The second-order valence-electron chi connectivity index (χ2n) is 6.06. The lowest BCUT2D eigenvalue weighted by atomic mass is 9.99. The summed E-state index contributed by atoms with van der Waals surface area (Å²) in [6, 6.07) is 4.39. The average Bonchev–Trinajstić information content (AvgIpc) is 3.04. The Bertz CT molecular complexity index is 491. The van der Waals surface area contributed by atoms with Gasteiger partial charge in [0.2, 0.25) is 0 Å². The van der Waals surface area contributed by atoms with Gasteiger partial charge in [0.25, 0.3) is 5.91 Å². The van der Waals surface area contributed by atoms with E-state index in [2.05, 4.69) is 27.4 Å². The second kappa shape index (κ2) is 9.30. The number of carbonyl (C=O) groups excluding carboxylic acids is 1. The first kappa shape index (κ1) is 20.0. The van der Waals surface area contributed by atoms with Gasteiger partial charge in [-0.1, -0.05) is 0 Å². The van der Waals surface area contributed by atoms with E-state index in [0.717, 1.165) is 38.3 Å². The van der Waals surface area contributed by atoms with Crippen LogP contribution in [0.4, 0.5) is 5.82 Å². The first-order valence-corrected chi connectivity index (χ1v) is 7.99. The van der Waals surface area contributed by atoms with Crippen LogP contribution in [0.15, 0.2) is 18.3 Å². The molecule has 2 N–H and O–H groups in total. The molecule has 2 unspecified atom stereocenters. The predicted molar refractivity (Wildman–Crippen MR) is 98.1 cm³/mol. The topological polar surface area (TPSA) is 57.3 Å². The minimum absolute atomic E-state index is 0. The molecule has 0 spiro atoms. The van der Waals surface area contributed by atoms with Crippen molar-refractivity contribution < 1.29 is 4.79 Å². The van der Waals surface area contributed by atoms with Crippen LogP contribution in [0.5, 0.6) is 0 Å². The molecule has 7 heteroatoms. The van der Waals surface area contributed by atoms with Crippen LogP contribution in [0.1, 0.15) is 43.0 Å². The van der Waals surface area contributed by atoms with Gasteiger partial charge in [-0.2, -0.15) is 0 Å². The zero-order valence-corrected chi connectivity index (χ0v) is 15.1. The van der Waals surface area contributed by atoms with E-state index in [0.29, 0.717) is 11.6 Å². The van der Waals surface area contributed by atoms with Crippen molar-refractivity contribution in [1.82, 2.24) is 15.6 Å². The molecular weight excluding hydrogens is 335 g/mol. The van der Waals surface area contributed by atoms with E-state index < -0.39 is 0 Å². The number of piperidine rings is 1. The normalized spacial score (nSPS) is 23.6. The van der Waals surface area contributed by atoms with E-state index in [4.69, 9.17) is 0 Å². The van der Waals surface area contributed by atoms with Gasteiger partial charge in [0.05, 0.1) is 5.56 Å². The molecule has 0 bridgehead atoms. The maximum Gasteiger partial charge on any atom is 0.253 e. The van der Waals surface area contributed by atoms with Crippen LogP contribution < -0.4 is 15.5 Å². The number of carbonyl (C=O) groups is 1. The number of halogens is 2. The number of hydrogen-bond donors (Lipinski definition) is 2. The van der Waals surface area contributed by atoms with Gasteiger partial charge in [0.1, 0.15) is 5.82 Å². The standard InChI is InChI=1S/C16H24N4O.2ClH/c1-12-14(5-4-8-17-12)19-16(21)13-6-7-15(18-11-13)20-9-2-3-10-20;;/h6-7,11-12,14,17H,2-5,8-10H2,1H3,(H,19,21);2*1H. The van der Waals surface area contributed by atoms with Gasteiger partial charge >= 0.3 is 0 Å². The zero-order valence-electron chi connectivity index (χ0n) is 13.5. The van der Waals surface area contributed by atoms with Crippen molar-refractivity contribution in [3.63, 3.8) is 0 Å². The molecule has 130 valence electrons. The first-order chi connectivity index (χ1) is 10.2. The molecule has 2 aliphatic heterocycles. The van der Waals surface area contributed by atoms with Crippen LogP contribution in [0.3, 0.4) is 0 Å². The van der Waals surface area contributed by atoms with Crippen LogP contribution in [0.25, 0.3) is 0 Å². The number of anilines is 1. The second-order valence-corrected chi connectivity index (χ2v) is 6.06. The monoisotopic (exact) mass is 360 g/mol. The Balaban J connectivity index is 0.00000132. The summed E-state index contributed by atoms with van der Waals surface area (Å²) in [4.78, 5) is 19.0. The minimum Gasteiger partial charge on any atom is -0.357 e. The Morgan fingerprint density at radius 3 is 2.61 bits per heavy atom. The quantitative estimate of drug-likeness (QED) is 0.868. The maximum atomic E-state index is 12.3. The van der Waals surface area contributed by atoms with Gasteiger partial charge in [-0.3, -0.25) is 4.79 Å². The van der Waals surface area contributed by atoms with Crippen molar-refractivity contribution in [2.45, 2.75) is 44.7 Å². The molecule has 3 heterocycles. The summed E-state index contributed by atoms with van der Waals surface area (Å²) in [5.41, 5.74) is 0.649. The fraction of sp³-hybridized carbons (Fsp3) is 0.625. The van der Waals surface area contributed by atoms with Gasteiger partial charge in [-0.15, -0.1) is 24.8 Å². The highest BCUT2D eigenvalue weighted by atomic mass is 35.5. The molecule has 3 rings (SSSR count). The third-order valence-electron chi connectivity index (χ3n) is 4.52. The van der Waals surface area contributed by atoms with Crippen molar-refractivity contribution in [2.75, 3.05) is 24.5 Å². The Labute approximate surface area is 150 Å². The Hall–Kier alpha value is -1.04. The molecule has 1 aromatic heterocycles. The Morgan fingerprint density at radius 1 is 1.26 bits per heavy atom. The third kappa shape index (κ3) is 4.96. The third-order valence-corrected chi connectivity index (χ3v) is 4.52. The number of hydrogen-bond acceptors (Lipinski definition) is 4. The molecule has 23 heavy (non-hydrogen) atoms. The highest BCUT2D eigenvalue weighted by molar-refractivity contribution is 5.94. The van der Waals surface area contributed by atoms with E-state index >= 15 is 0 Å². The molecule has 2 aliphatic rings. The first-order valence-electron chi connectivity index (χ1n) is 7.99. The molecular formula is C16H26Cl2N4O. The van der Waals surface area contributed by atoms with Crippen LogP contribution in [-0.4, -0.2) is 42.6 Å². The number of amides is 1. The molecule has 0 saturated carbocycles. The largest absolute Gasteiger partial charge is 0.357 e. The molecule has 0 radical (unpaired) electrons. The summed E-state index contributed by atoms with van der Waals surface area (Å²) >= 11 is 0. The number of rotatable bonds is 3. The number of pyridine rings is 1. The maximum absolute atomic E-state index is 12.3. The van der Waals surface area contributed by atoms with Crippen LogP contribution >= 0.6 is 24.8 Å². The summed E-state index contributed by atoms with van der Waals surface area (Å²) in [5, 5.41) is 6.52. The van der Waals surface area contributed by atoms with Crippen molar-refractivity contribution in [3.05, 3.63) is 23.9 Å². The van der Waals surface area contributed by atoms with E-state index in [1.807, 2.05) is 12.1 Å². The van der Waals surface area contributed by atoms with Gasteiger partial charge in [0, 0.05) is 31.4 Å². The molecule has 0 aliphatic carbocycles. The number of nitrogens with one attached hydrogen (secondary N) is 2. The molecule has 0 aromatic carbocycles. The molecule has 2 saturated heterocycles. The van der Waals surface area contributed by atoms with Crippen LogP contribution in [0, 0.1) is 0 Å². The molecule has 1 amide bonds. The fourth-order valence-corrected chi connectivity index (χ4v) is 3.15. The van der Waals surface area contributed by atoms with Gasteiger partial charge in [0.15, 0.2) is 0 Å². The SMILES string of the molecule is CC1NCCCC1NC(=O)c1ccc(N2CCCC2)nc1.Cl.Cl. The van der Waals surface area contributed by atoms with Crippen molar-refractivity contribution in [3.8, 4) is 0 Å². The van der Waals surface area contributed by atoms with Crippen molar-refractivity contribution in [2.24, 2.45) is 0 Å². The van der Waals surface area contributed by atoms with E-state index in [1.54, 1.807) is 6.20 Å². The molecule has 5 nitrogen and oxygen atoms in total. The summed E-state index contributed by atoms with van der Waals surface area (Å²) in [6.07, 6.45) is 6.32. The number of aromatic nitrogens is 1.